The third-order valence-corrected chi connectivity index (χ3v) is 7.53. The second-order valence-corrected chi connectivity index (χ2v) is 10.2. The minimum atomic E-state index is -0.447. The highest BCUT2D eigenvalue weighted by molar-refractivity contribution is 6.12. The third-order valence-electron chi connectivity index (χ3n) is 7.53. The Morgan fingerprint density at radius 1 is 1.20 bits per heavy atom. The molecule has 1 N–H and O–H groups in total. The van der Waals surface area contributed by atoms with Crippen LogP contribution in [0.15, 0.2) is 42.7 Å². The Hall–Kier alpha value is -3.52. The largest absolute Gasteiger partial charge is 0.389 e. The maximum absolute atomic E-state index is 13.6. The number of aromatic nitrogens is 3. The van der Waals surface area contributed by atoms with Crippen molar-refractivity contribution in [3.8, 4) is 0 Å². The van der Waals surface area contributed by atoms with Crippen LogP contribution in [0.3, 0.4) is 0 Å². The number of nitrogens with zero attached hydrogens (tertiary/aromatic N) is 5. The highest BCUT2D eigenvalue weighted by Gasteiger charge is 2.38. The first-order valence-corrected chi connectivity index (χ1v) is 12.3. The number of likely N-dealkylation sites (tertiary alicyclic amines) is 1. The number of aryl methyl sites for hydroxylation is 1. The number of hydrogen-bond acceptors (Lipinski definition) is 5. The van der Waals surface area contributed by atoms with E-state index in [0.29, 0.717) is 36.7 Å². The molecule has 1 saturated heterocycles. The Morgan fingerprint density at radius 3 is 2.69 bits per heavy atom. The number of carbonyl (C=O) groups excluding carboxylic acids is 2. The molecule has 0 bridgehead atoms. The zero-order chi connectivity index (χ0) is 24.3. The van der Waals surface area contributed by atoms with E-state index < -0.39 is 6.10 Å². The van der Waals surface area contributed by atoms with E-state index in [9.17, 15) is 14.7 Å². The van der Waals surface area contributed by atoms with Gasteiger partial charge in [0.05, 0.1) is 12.6 Å². The lowest BCUT2D eigenvalue weighted by Gasteiger charge is -2.36. The summed E-state index contributed by atoms with van der Waals surface area (Å²) >= 11 is 0. The first-order valence-electron chi connectivity index (χ1n) is 12.3. The van der Waals surface area contributed by atoms with Crippen molar-refractivity contribution in [3.05, 3.63) is 76.4 Å². The van der Waals surface area contributed by atoms with Gasteiger partial charge >= 0.3 is 0 Å². The molecular formula is C27H29N5O3. The molecule has 8 nitrogen and oxygen atoms in total. The summed E-state index contributed by atoms with van der Waals surface area (Å²) in [6.07, 6.45) is 4.21. The van der Waals surface area contributed by atoms with Gasteiger partial charge in [-0.05, 0) is 65.6 Å². The van der Waals surface area contributed by atoms with Crippen LogP contribution in [-0.4, -0.2) is 55.8 Å². The summed E-state index contributed by atoms with van der Waals surface area (Å²) in [5.41, 5.74) is 5.39. The van der Waals surface area contributed by atoms with Crippen molar-refractivity contribution in [1.29, 1.82) is 0 Å². The number of fused-ring (bicyclic) bond motifs is 1. The van der Waals surface area contributed by atoms with Crippen molar-refractivity contribution >= 4 is 17.5 Å². The molecule has 2 amide bonds. The molecule has 3 aromatic rings. The molecule has 3 heterocycles. The van der Waals surface area contributed by atoms with Crippen molar-refractivity contribution in [2.45, 2.75) is 50.7 Å². The van der Waals surface area contributed by atoms with Gasteiger partial charge < -0.3 is 19.5 Å². The fourth-order valence-electron chi connectivity index (χ4n) is 5.21. The zero-order valence-electron chi connectivity index (χ0n) is 20.0. The molecule has 2 aromatic carbocycles. The second kappa shape index (κ2) is 8.30. The Labute approximate surface area is 204 Å². The van der Waals surface area contributed by atoms with E-state index in [1.807, 2.05) is 34.7 Å². The normalized spacial score (nSPS) is 18.5. The molecule has 35 heavy (non-hydrogen) atoms. The van der Waals surface area contributed by atoms with Gasteiger partial charge in [-0.2, -0.15) is 0 Å². The fraction of sp³-hybridized carbons (Fsp3) is 0.407. The van der Waals surface area contributed by atoms with Gasteiger partial charge in [-0.25, -0.2) is 0 Å². The maximum atomic E-state index is 13.6. The predicted molar refractivity (Wildman–Crippen MR) is 130 cm³/mol. The first-order chi connectivity index (χ1) is 16.9. The Morgan fingerprint density at radius 2 is 2.00 bits per heavy atom. The summed E-state index contributed by atoms with van der Waals surface area (Å²) in [7, 11) is 1.94. The number of β-amino-alcohol motifs (C(OH)–C–C–N with tert-alkyl or cyclic N) is 1. The number of benzene rings is 2. The van der Waals surface area contributed by atoms with Crippen molar-refractivity contribution in [3.63, 3.8) is 0 Å². The summed E-state index contributed by atoms with van der Waals surface area (Å²) < 4.78 is 1.93. The smallest absolute Gasteiger partial charge is 0.258 e. The molecule has 0 unspecified atom stereocenters. The lowest BCUT2D eigenvalue weighted by atomic mass is 9.95. The van der Waals surface area contributed by atoms with E-state index in [1.54, 1.807) is 17.3 Å². The molecule has 1 aliphatic carbocycles. The average Bonchev–Trinajstić information content (AvgIpc) is 3.53. The zero-order valence-corrected chi connectivity index (χ0v) is 20.0. The van der Waals surface area contributed by atoms with Gasteiger partial charge in [-0.3, -0.25) is 9.59 Å². The van der Waals surface area contributed by atoms with Crippen LogP contribution in [0, 0.1) is 0 Å². The average molecular weight is 472 g/mol. The lowest BCUT2D eigenvalue weighted by molar-refractivity contribution is 0.00588. The minimum Gasteiger partial charge on any atom is -0.389 e. The molecule has 0 radical (unpaired) electrons. The van der Waals surface area contributed by atoms with Gasteiger partial charge in [0, 0.05) is 43.4 Å². The number of anilines is 1. The van der Waals surface area contributed by atoms with E-state index in [-0.39, 0.29) is 17.7 Å². The second-order valence-electron chi connectivity index (χ2n) is 10.2. The number of amides is 2. The van der Waals surface area contributed by atoms with Crippen molar-refractivity contribution in [2.75, 3.05) is 18.0 Å². The predicted octanol–water partition coefficient (Wildman–Crippen LogP) is 3.02. The molecule has 3 aliphatic rings. The highest BCUT2D eigenvalue weighted by Crippen LogP contribution is 2.45. The van der Waals surface area contributed by atoms with Crippen molar-refractivity contribution < 1.29 is 14.7 Å². The monoisotopic (exact) mass is 471 g/mol. The summed E-state index contributed by atoms with van der Waals surface area (Å²) in [4.78, 5) is 30.0. The maximum Gasteiger partial charge on any atom is 0.258 e. The van der Waals surface area contributed by atoms with E-state index in [1.165, 1.54) is 0 Å². The van der Waals surface area contributed by atoms with Crippen molar-refractivity contribution in [1.82, 2.24) is 19.7 Å². The SMILES string of the molecule is C[C@H](Cc1nncn1C)c1cccc(N2Cc3c(cc(C(=O)N4CC(O)C4)cc3C3CC3)C2=O)c1. The Kier molecular flexibility index (Phi) is 5.21. The van der Waals surface area contributed by atoms with Crippen LogP contribution in [0.4, 0.5) is 5.69 Å². The van der Waals surface area contributed by atoms with Gasteiger partial charge in [0.15, 0.2) is 0 Å². The topological polar surface area (TPSA) is 91.6 Å². The van der Waals surface area contributed by atoms with Crippen molar-refractivity contribution in [2.24, 2.45) is 7.05 Å². The molecule has 2 fully saturated rings. The highest BCUT2D eigenvalue weighted by atomic mass is 16.3. The lowest BCUT2D eigenvalue weighted by Crippen LogP contribution is -2.53. The summed E-state index contributed by atoms with van der Waals surface area (Å²) in [6, 6.07) is 11.9. The molecule has 2 aliphatic heterocycles. The van der Waals surface area contributed by atoms with Crippen LogP contribution in [0.25, 0.3) is 0 Å². The summed E-state index contributed by atoms with van der Waals surface area (Å²) in [5, 5.41) is 17.8. The van der Waals surface area contributed by atoms with Crippen LogP contribution in [0.2, 0.25) is 0 Å². The van der Waals surface area contributed by atoms with Crippen LogP contribution in [0.1, 0.15) is 74.8 Å². The van der Waals surface area contributed by atoms with Crippen LogP contribution < -0.4 is 4.90 Å². The van der Waals surface area contributed by atoms with Gasteiger partial charge in [-0.1, -0.05) is 19.1 Å². The third kappa shape index (κ3) is 3.91. The molecule has 8 heteroatoms. The number of aliphatic hydroxyl groups is 1. The molecule has 0 spiro atoms. The number of aliphatic hydroxyl groups excluding tert-OH is 1. The van der Waals surface area contributed by atoms with Gasteiger partial charge in [0.1, 0.15) is 12.2 Å². The van der Waals surface area contributed by atoms with E-state index >= 15 is 0 Å². The summed E-state index contributed by atoms with van der Waals surface area (Å²) in [6.45, 7) is 3.39. The Bertz CT molecular complexity index is 1320. The number of carbonyl (C=O) groups is 2. The fourth-order valence-corrected chi connectivity index (χ4v) is 5.21. The minimum absolute atomic E-state index is 0.0571. The molecule has 1 aromatic heterocycles. The van der Waals surface area contributed by atoms with Crippen LogP contribution in [-0.2, 0) is 20.0 Å². The molecule has 180 valence electrons. The van der Waals surface area contributed by atoms with E-state index in [2.05, 4.69) is 29.3 Å². The molecule has 1 atom stereocenters. The Balaban J connectivity index is 1.28. The summed E-state index contributed by atoms with van der Waals surface area (Å²) in [5.74, 6) is 1.40. The molecule has 6 rings (SSSR count). The molecule has 1 saturated carbocycles. The first kappa shape index (κ1) is 22.0. The van der Waals surface area contributed by atoms with Gasteiger partial charge in [0.2, 0.25) is 0 Å². The van der Waals surface area contributed by atoms with Gasteiger partial charge in [-0.15, -0.1) is 10.2 Å². The molecular weight excluding hydrogens is 442 g/mol. The van der Waals surface area contributed by atoms with Crippen LogP contribution in [0.5, 0.6) is 0 Å². The standard InChI is InChI=1S/C27H29N5O3/c1-16(8-25-29-28-15-30(25)2)18-4-3-5-20(9-18)32-14-24-22(17-6-7-17)10-19(11-23(24)27(32)35)26(34)31-12-21(33)13-31/h3-5,9-11,15-17,21,33H,6-8,12-14H2,1-2H3/t16-/m1/s1. The van der Waals surface area contributed by atoms with Gasteiger partial charge in [0.25, 0.3) is 11.8 Å². The quantitative estimate of drug-likeness (QED) is 0.597. The number of hydrogen-bond donors (Lipinski definition) is 1. The van der Waals surface area contributed by atoms with E-state index in [0.717, 1.165) is 47.5 Å². The number of rotatable bonds is 6. The van der Waals surface area contributed by atoms with Crippen LogP contribution >= 0.6 is 0 Å². The van der Waals surface area contributed by atoms with E-state index in [4.69, 9.17) is 0 Å².